The number of hydrogen-bond acceptors (Lipinski definition) is 4. The molecular weight excluding hydrogens is 477 g/mol. The summed E-state index contributed by atoms with van der Waals surface area (Å²) >= 11 is 0. The minimum absolute atomic E-state index is 0. The fraction of sp³-hybridized carbons (Fsp3) is 0.737. The van der Waals surface area contributed by atoms with Gasteiger partial charge in [0.25, 0.3) is 0 Å². The minimum Gasteiger partial charge on any atom is -0.469 e. The fourth-order valence-electron chi connectivity index (χ4n) is 4.06. The highest BCUT2D eigenvalue weighted by Gasteiger charge is 2.48. The second kappa shape index (κ2) is 10.1. The summed E-state index contributed by atoms with van der Waals surface area (Å²) in [6.45, 7) is 4.69. The van der Waals surface area contributed by atoms with Crippen LogP contribution >= 0.6 is 24.0 Å². The predicted octanol–water partition coefficient (Wildman–Crippen LogP) is 3.23. The maximum Gasteiger partial charge on any atom is 0.194 e. The number of sulfone groups is 1. The van der Waals surface area contributed by atoms with E-state index in [2.05, 4.69) is 17.1 Å². The van der Waals surface area contributed by atoms with Crippen molar-refractivity contribution in [3.05, 3.63) is 24.2 Å². The Morgan fingerprint density at radius 3 is 2.78 bits per heavy atom. The van der Waals surface area contributed by atoms with Gasteiger partial charge in [0.05, 0.1) is 16.8 Å². The van der Waals surface area contributed by atoms with Gasteiger partial charge in [-0.1, -0.05) is 26.2 Å². The summed E-state index contributed by atoms with van der Waals surface area (Å²) in [5.74, 6) is 2.02. The van der Waals surface area contributed by atoms with Gasteiger partial charge >= 0.3 is 0 Å². The summed E-state index contributed by atoms with van der Waals surface area (Å²) < 4.78 is 30.4. The van der Waals surface area contributed by atoms with Crippen molar-refractivity contribution in [2.75, 3.05) is 31.9 Å². The molecule has 2 heterocycles. The zero-order chi connectivity index (χ0) is 18.5. The van der Waals surface area contributed by atoms with Gasteiger partial charge in [-0.3, -0.25) is 4.99 Å². The third-order valence-electron chi connectivity index (χ3n) is 5.55. The van der Waals surface area contributed by atoms with Crippen LogP contribution in [0.2, 0.25) is 0 Å². The number of furan rings is 1. The van der Waals surface area contributed by atoms with Crippen LogP contribution in [-0.4, -0.2) is 56.0 Å². The van der Waals surface area contributed by atoms with Gasteiger partial charge < -0.3 is 14.6 Å². The summed E-state index contributed by atoms with van der Waals surface area (Å²) in [7, 11) is -3.03. The highest BCUT2D eigenvalue weighted by atomic mass is 127. The van der Waals surface area contributed by atoms with Crippen LogP contribution in [0, 0.1) is 0 Å². The highest BCUT2D eigenvalue weighted by molar-refractivity contribution is 14.0. The molecular formula is C19H32IN3O3S. The molecule has 0 atom stereocenters. The number of aliphatic imine (C=N–C) groups is 1. The molecule has 0 amide bonds. The van der Waals surface area contributed by atoms with Crippen LogP contribution in [-0.2, 0) is 16.3 Å². The molecule has 0 aromatic carbocycles. The highest BCUT2D eigenvalue weighted by Crippen LogP contribution is 2.38. The first kappa shape index (κ1) is 22.5. The molecule has 1 aromatic rings. The second-order valence-electron chi connectivity index (χ2n) is 7.45. The zero-order valence-electron chi connectivity index (χ0n) is 16.2. The number of nitrogens with zero attached hydrogens (tertiary/aromatic N) is 2. The van der Waals surface area contributed by atoms with Crippen LogP contribution in [0.25, 0.3) is 0 Å². The lowest BCUT2D eigenvalue weighted by Gasteiger charge is -2.45. The predicted molar refractivity (Wildman–Crippen MR) is 120 cm³/mol. The van der Waals surface area contributed by atoms with E-state index < -0.39 is 14.6 Å². The van der Waals surface area contributed by atoms with E-state index in [1.165, 1.54) is 0 Å². The third-order valence-corrected chi connectivity index (χ3v) is 8.13. The average molecular weight is 509 g/mol. The van der Waals surface area contributed by atoms with E-state index in [1.54, 1.807) is 6.26 Å². The van der Waals surface area contributed by atoms with E-state index in [0.717, 1.165) is 69.8 Å². The van der Waals surface area contributed by atoms with Crippen LogP contribution in [0.1, 0.15) is 51.2 Å². The molecule has 27 heavy (non-hydrogen) atoms. The summed E-state index contributed by atoms with van der Waals surface area (Å²) in [5.41, 5.74) is 0. The first-order valence-corrected chi connectivity index (χ1v) is 11.5. The molecule has 0 bridgehead atoms. The summed E-state index contributed by atoms with van der Waals surface area (Å²) in [6.07, 6.45) is 8.20. The Hall–Kier alpha value is -0.770. The van der Waals surface area contributed by atoms with E-state index in [-0.39, 0.29) is 29.7 Å². The lowest BCUT2D eigenvalue weighted by Crippen LogP contribution is -2.60. The Morgan fingerprint density at radius 2 is 2.11 bits per heavy atom. The van der Waals surface area contributed by atoms with Gasteiger partial charge in [-0.05, 0) is 31.4 Å². The van der Waals surface area contributed by atoms with Crippen molar-refractivity contribution in [1.82, 2.24) is 10.2 Å². The third kappa shape index (κ3) is 5.40. The quantitative estimate of drug-likeness (QED) is 0.375. The summed E-state index contributed by atoms with van der Waals surface area (Å²) in [5, 5.41) is 3.43. The van der Waals surface area contributed by atoms with E-state index in [9.17, 15) is 8.42 Å². The van der Waals surface area contributed by atoms with Crippen molar-refractivity contribution >= 4 is 39.8 Å². The first-order valence-electron chi connectivity index (χ1n) is 9.84. The van der Waals surface area contributed by atoms with Gasteiger partial charge in [-0.2, -0.15) is 0 Å². The number of nitrogens with one attached hydrogen (secondary N) is 1. The summed E-state index contributed by atoms with van der Waals surface area (Å²) in [6, 6.07) is 3.86. The van der Waals surface area contributed by atoms with E-state index in [4.69, 9.17) is 9.41 Å². The van der Waals surface area contributed by atoms with E-state index in [1.807, 2.05) is 12.1 Å². The van der Waals surface area contributed by atoms with Crippen LogP contribution in [0.15, 0.2) is 27.8 Å². The van der Waals surface area contributed by atoms with Crippen LogP contribution in [0.3, 0.4) is 0 Å². The van der Waals surface area contributed by atoms with Crippen LogP contribution in [0.4, 0.5) is 0 Å². The fourth-order valence-corrected chi connectivity index (χ4v) is 6.21. The Kier molecular flexibility index (Phi) is 8.45. The summed E-state index contributed by atoms with van der Waals surface area (Å²) in [4.78, 5) is 6.89. The van der Waals surface area contributed by atoms with Crippen molar-refractivity contribution in [3.8, 4) is 0 Å². The molecule has 6 nitrogen and oxygen atoms in total. The van der Waals surface area contributed by atoms with Gasteiger partial charge in [-0.25, -0.2) is 8.42 Å². The number of halogens is 1. The molecule has 1 aromatic heterocycles. The second-order valence-corrected chi connectivity index (χ2v) is 9.95. The van der Waals surface area contributed by atoms with Crippen molar-refractivity contribution in [2.24, 2.45) is 4.99 Å². The van der Waals surface area contributed by atoms with Crippen molar-refractivity contribution in [1.29, 1.82) is 0 Å². The largest absolute Gasteiger partial charge is 0.469 e. The molecule has 154 valence electrons. The first-order chi connectivity index (χ1) is 12.6. The molecule has 0 unspecified atom stereocenters. The van der Waals surface area contributed by atoms with Crippen LogP contribution < -0.4 is 5.32 Å². The molecule has 1 aliphatic carbocycles. The SMILES string of the molecule is CCCN=C(NCCc1ccco1)N1CCS(=O)(=O)C2(CCCCC2)C1.I. The molecule has 1 aliphatic heterocycles. The van der Waals surface area contributed by atoms with E-state index >= 15 is 0 Å². The topological polar surface area (TPSA) is 74.9 Å². The normalized spacial score (nSPS) is 21.7. The monoisotopic (exact) mass is 509 g/mol. The Bertz CT molecular complexity index is 698. The van der Waals surface area contributed by atoms with Crippen molar-refractivity contribution in [2.45, 2.75) is 56.6 Å². The molecule has 1 saturated heterocycles. The van der Waals surface area contributed by atoms with Crippen LogP contribution in [0.5, 0.6) is 0 Å². The molecule has 1 saturated carbocycles. The average Bonchev–Trinajstić information content (AvgIpc) is 3.15. The van der Waals surface area contributed by atoms with Crippen molar-refractivity contribution in [3.63, 3.8) is 0 Å². The Balaban J connectivity index is 0.00000261. The van der Waals surface area contributed by atoms with E-state index in [0.29, 0.717) is 13.1 Å². The molecule has 0 radical (unpaired) electrons. The Morgan fingerprint density at radius 1 is 1.33 bits per heavy atom. The standard InChI is InChI=1S/C19H31N3O3S.HI/c1-2-11-20-18(21-12-8-17-7-6-14-25-17)22-13-15-26(23,24)19(16-22)9-4-3-5-10-19;/h6-7,14H,2-5,8-13,15-16H2,1H3,(H,20,21);1H. The minimum atomic E-state index is -3.03. The molecule has 3 rings (SSSR count). The zero-order valence-corrected chi connectivity index (χ0v) is 19.3. The lowest BCUT2D eigenvalue weighted by molar-refractivity contribution is 0.273. The number of hydrogen-bond donors (Lipinski definition) is 1. The van der Waals surface area contributed by atoms with Crippen molar-refractivity contribution < 1.29 is 12.8 Å². The van der Waals surface area contributed by atoms with Gasteiger partial charge in [0.2, 0.25) is 0 Å². The van der Waals surface area contributed by atoms with Gasteiger partial charge in [-0.15, -0.1) is 24.0 Å². The molecule has 2 fully saturated rings. The maximum absolute atomic E-state index is 12.8. The lowest BCUT2D eigenvalue weighted by atomic mass is 9.87. The Labute approximate surface area is 180 Å². The number of rotatable bonds is 5. The molecule has 8 heteroatoms. The number of guanidine groups is 1. The maximum atomic E-state index is 12.8. The molecule has 2 aliphatic rings. The smallest absolute Gasteiger partial charge is 0.194 e. The van der Waals surface area contributed by atoms with Gasteiger partial charge in [0.1, 0.15) is 5.76 Å². The molecule has 1 spiro atoms. The molecule has 1 N–H and O–H groups in total. The van der Waals surface area contributed by atoms with Gasteiger partial charge in [0, 0.05) is 32.6 Å². The van der Waals surface area contributed by atoms with Gasteiger partial charge in [0.15, 0.2) is 15.8 Å².